The van der Waals surface area contributed by atoms with Crippen LogP contribution in [0.15, 0.2) is 30.7 Å². The van der Waals surface area contributed by atoms with Crippen molar-refractivity contribution in [2.75, 3.05) is 23.8 Å². The summed E-state index contributed by atoms with van der Waals surface area (Å²) >= 11 is 0. The summed E-state index contributed by atoms with van der Waals surface area (Å²) in [6.45, 7) is 11.2. The minimum absolute atomic E-state index is 0.00586. The number of alkyl carbamates (subject to hydrolysis) is 1. The molecule has 0 aliphatic heterocycles. The molecule has 202 valence electrons. The Balaban J connectivity index is 1.87. The van der Waals surface area contributed by atoms with Gasteiger partial charge in [0.1, 0.15) is 17.4 Å². The molecule has 0 spiro atoms. The second kappa shape index (κ2) is 12.3. The van der Waals surface area contributed by atoms with Crippen molar-refractivity contribution < 1.29 is 18.7 Å². The van der Waals surface area contributed by atoms with Gasteiger partial charge in [-0.2, -0.15) is 15.5 Å². The SMILES string of the molecule is CCOC[C@@H](Nc1nc(Nc2cnc(C)c(-n3nccn3)c2)c(C#N)cc1F)[C@H](C)NC(=O)OC(C)(C)C. The summed E-state index contributed by atoms with van der Waals surface area (Å²) in [5.41, 5.74) is 1.13. The second-order valence-electron chi connectivity index (χ2n) is 9.44. The molecule has 0 bridgehead atoms. The number of halogens is 1. The maximum absolute atomic E-state index is 15.0. The third kappa shape index (κ3) is 7.59. The van der Waals surface area contributed by atoms with Gasteiger partial charge >= 0.3 is 6.09 Å². The van der Waals surface area contributed by atoms with E-state index in [-0.39, 0.29) is 23.8 Å². The van der Waals surface area contributed by atoms with Gasteiger partial charge in [-0.05, 0) is 53.7 Å². The molecule has 3 aromatic rings. The number of ether oxygens (including phenoxy) is 2. The Hall–Kier alpha value is -4.31. The van der Waals surface area contributed by atoms with Crippen LogP contribution in [0.25, 0.3) is 5.69 Å². The van der Waals surface area contributed by atoms with Gasteiger partial charge < -0.3 is 25.4 Å². The number of nitrogens with one attached hydrogen (secondary N) is 3. The minimum Gasteiger partial charge on any atom is -0.444 e. The van der Waals surface area contributed by atoms with Crippen molar-refractivity contribution >= 4 is 23.4 Å². The summed E-state index contributed by atoms with van der Waals surface area (Å²) in [5, 5.41) is 26.6. The van der Waals surface area contributed by atoms with Crippen molar-refractivity contribution in [2.24, 2.45) is 0 Å². The summed E-state index contributed by atoms with van der Waals surface area (Å²) in [4.78, 5) is 22.4. The van der Waals surface area contributed by atoms with Gasteiger partial charge in [-0.15, -0.1) is 4.80 Å². The van der Waals surface area contributed by atoms with Gasteiger partial charge in [0, 0.05) is 6.61 Å². The molecule has 3 rings (SSSR count). The lowest BCUT2D eigenvalue weighted by Gasteiger charge is -2.28. The number of aryl methyl sites for hydroxylation is 1. The average molecular weight is 526 g/mol. The molecule has 0 fully saturated rings. The Kier molecular flexibility index (Phi) is 9.14. The van der Waals surface area contributed by atoms with E-state index in [1.54, 1.807) is 52.4 Å². The number of carbonyl (C=O) groups excluding carboxylic acids is 1. The highest BCUT2D eigenvalue weighted by atomic mass is 19.1. The Bertz CT molecular complexity index is 1290. The van der Waals surface area contributed by atoms with Crippen LogP contribution in [0.5, 0.6) is 0 Å². The van der Waals surface area contributed by atoms with E-state index >= 15 is 4.39 Å². The van der Waals surface area contributed by atoms with Crippen molar-refractivity contribution in [3.63, 3.8) is 0 Å². The third-order valence-electron chi connectivity index (χ3n) is 5.23. The maximum Gasteiger partial charge on any atom is 0.407 e. The lowest BCUT2D eigenvalue weighted by Crippen LogP contribution is -2.48. The van der Waals surface area contributed by atoms with Crippen LogP contribution in [0.3, 0.4) is 0 Å². The zero-order valence-electron chi connectivity index (χ0n) is 22.2. The average Bonchev–Trinajstić information content (AvgIpc) is 3.38. The molecular weight excluding hydrogens is 493 g/mol. The number of hydrogen-bond donors (Lipinski definition) is 3. The Labute approximate surface area is 220 Å². The van der Waals surface area contributed by atoms with Gasteiger partial charge in [0.25, 0.3) is 0 Å². The predicted octanol–water partition coefficient (Wildman–Crippen LogP) is 3.85. The first-order chi connectivity index (χ1) is 18.0. The number of carbonyl (C=O) groups is 1. The van der Waals surface area contributed by atoms with Crippen molar-refractivity contribution in [1.29, 1.82) is 5.26 Å². The summed E-state index contributed by atoms with van der Waals surface area (Å²) in [5.74, 6) is -0.742. The molecule has 3 N–H and O–H groups in total. The fourth-order valence-corrected chi connectivity index (χ4v) is 3.37. The molecular formula is C25H32FN9O3. The Morgan fingerprint density at radius 2 is 1.95 bits per heavy atom. The molecule has 1 amide bonds. The van der Waals surface area contributed by atoms with Crippen molar-refractivity contribution in [2.45, 2.75) is 59.2 Å². The first kappa shape index (κ1) is 28.3. The van der Waals surface area contributed by atoms with Crippen molar-refractivity contribution in [3.8, 4) is 11.8 Å². The fourth-order valence-electron chi connectivity index (χ4n) is 3.37. The molecule has 3 heterocycles. The van der Waals surface area contributed by atoms with E-state index in [9.17, 15) is 10.1 Å². The third-order valence-corrected chi connectivity index (χ3v) is 5.23. The zero-order valence-corrected chi connectivity index (χ0v) is 22.2. The number of nitriles is 1. The van der Waals surface area contributed by atoms with Crippen LogP contribution >= 0.6 is 0 Å². The van der Waals surface area contributed by atoms with Crippen molar-refractivity contribution in [3.05, 3.63) is 47.8 Å². The lowest BCUT2D eigenvalue weighted by atomic mass is 10.1. The topological polar surface area (TPSA) is 152 Å². The molecule has 2 atom stereocenters. The summed E-state index contributed by atoms with van der Waals surface area (Å²) < 4.78 is 25.9. The minimum atomic E-state index is -0.735. The number of rotatable bonds is 10. The monoisotopic (exact) mass is 525 g/mol. The smallest absolute Gasteiger partial charge is 0.407 e. The van der Waals surface area contributed by atoms with Gasteiger partial charge in [-0.3, -0.25) is 4.98 Å². The quantitative estimate of drug-likeness (QED) is 0.356. The Morgan fingerprint density at radius 3 is 2.58 bits per heavy atom. The van der Waals surface area contributed by atoms with Crippen molar-refractivity contribution in [1.82, 2.24) is 30.3 Å². The summed E-state index contributed by atoms with van der Waals surface area (Å²) in [6, 6.07) is 3.69. The van der Waals surface area contributed by atoms with E-state index in [0.29, 0.717) is 23.7 Å². The van der Waals surface area contributed by atoms with E-state index < -0.39 is 29.6 Å². The highest BCUT2D eigenvalue weighted by Gasteiger charge is 2.25. The predicted molar refractivity (Wildman–Crippen MR) is 139 cm³/mol. The number of aromatic nitrogens is 5. The largest absolute Gasteiger partial charge is 0.444 e. The van der Waals surface area contributed by atoms with Gasteiger partial charge in [0.2, 0.25) is 0 Å². The van der Waals surface area contributed by atoms with Crippen LogP contribution in [0.1, 0.15) is 45.9 Å². The zero-order chi connectivity index (χ0) is 27.9. The Morgan fingerprint density at radius 1 is 1.24 bits per heavy atom. The molecule has 38 heavy (non-hydrogen) atoms. The second-order valence-corrected chi connectivity index (χ2v) is 9.44. The molecule has 12 nitrogen and oxygen atoms in total. The highest BCUT2D eigenvalue weighted by Crippen LogP contribution is 2.25. The molecule has 0 radical (unpaired) electrons. The van der Waals surface area contributed by atoms with E-state index in [1.807, 2.05) is 19.9 Å². The van der Waals surface area contributed by atoms with Gasteiger partial charge in [0.15, 0.2) is 17.5 Å². The standard InChI is InChI=1S/C25H32FN9O3/c1-7-37-14-20(15(2)31-24(36)38-25(4,5)6)33-23-19(26)10-17(12-27)22(34-23)32-18-11-21(16(3)28-13-18)35-29-8-9-30-35/h8-11,13,15,20H,7,14H2,1-6H3,(H,31,36)(H2,32,33,34)/t15-,20+/m0/s1. The van der Waals surface area contributed by atoms with Crippen LogP contribution in [-0.2, 0) is 9.47 Å². The van der Waals surface area contributed by atoms with Crippen LogP contribution < -0.4 is 16.0 Å². The van der Waals surface area contributed by atoms with E-state index in [4.69, 9.17) is 9.47 Å². The molecule has 3 aromatic heterocycles. The molecule has 0 unspecified atom stereocenters. The van der Waals surface area contributed by atoms with Crippen LogP contribution in [-0.4, -0.2) is 62.0 Å². The van der Waals surface area contributed by atoms with E-state index in [2.05, 4.69) is 36.1 Å². The highest BCUT2D eigenvalue weighted by molar-refractivity contribution is 5.68. The van der Waals surface area contributed by atoms with Gasteiger partial charge in [-0.1, -0.05) is 0 Å². The number of hydrogen-bond acceptors (Lipinski definition) is 10. The number of amides is 1. The molecule has 0 aliphatic carbocycles. The van der Waals surface area contributed by atoms with Crippen LogP contribution in [0.4, 0.5) is 26.5 Å². The molecule has 0 saturated carbocycles. The van der Waals surface area contributed by atoms with E-state index in [1.165, 1.54) is 4.80 Å². The number of pyridine rings is 2. The summed E-state index contributed by atoms with van der Waals surface area (Å²) in [6.07, 6.45) is 4.04. The first-order valence-electron chi connectivity index (χ1n) is 12.1. The van der Waals surface area contributed by atoms with Crippen LogP contribution in [0.2, 0.25) is 0 Å². The maximum atomic E-state index is 15.0. The number of anilines is 3. The first-order valence-corrected chi connectivity index (χ1v) is 12.1. The molecule has 0 aromatic carbocycles. The fraction of sp³-hybridized carbons (Fsp3) is 0.440. The van der Waals surface area contributed by atoms with Gasteiger partial charge in [-0.25, -0.2) is 14.2 Å². The normalized spacial score (nSPS) is 12.8. The van der Waals surface area contributed by atoms with E-state index in [0.717, 1.165) is 6.07 Å². The lowest BCUT2D eigenvalue weighted by molar-refractivity contribution is 0.0488. The molecule has 0 saturated heterocycles. The van der Waals surface area contributed by atoms with Crippen LogP contribution in [0, 0.1) is 24.1 Å². The summed E-state index contributed by atoms with van der Waals surface area (Å²) in [7, 11) is 0. The molecule has 13 heteroatoms. The number of nitrogens with zero attached hydrogens (tertiary/aromatic N) is 6. The molecule has 0 aliphatic rings. The van der Waals surface area contributed by atoms with Gasteiger partial charge in [0.05, 0.1) is 54.2 Å².